The molecule has 2 atom stereocenters. The summed E-state index contributed by atoms with van der Waals surface area (Å²) in [4.78, 5) is 0. The Morgan fingerprint density at radius 2 is 1.89 bits per heavy atom. The predicted molar refractivity (Wildman–Crippen MR) is 82.6 cm³/mol. The summed E-state index contributed by atoms with van der Waals surface area (Å²) in [6.07, 6.45) is 5.59. The van der Waals surface area contributed by atoms with Gasteiger partial charge in [0.05, 0.1) is 6.10 Å². The molecule has 3 heteroatoms. The predicted octanol–water partition coefficient (Wildman–Crippen LogP) is 4.72. The molecular weight excluding hydrogens is 258 g/mol. The summed E-state index contributed by atoms with van der Waals surface area (Å²) in [6.45, 7) is 5.04. The fourth-order valence-electron chi connectivity index (χ4n) is 2.10. The van der Waals surface area contributed by atoms with E-state index in [4.69, 9.17) is 22.1 Å². The lowest BCUT2D eigenvalue weighted by molar-refractivity contribution is 0.0312. The van der Waals surface area contributed by atoms with Crippen LogP contribution in [-0.2, 0) is 4.74 Å². The molecule has 0 aliphatic carbocycles. The Morgan fingerprint density at radius 1 is 1.16 bits per heavy atom. The number of rotatable bonds is 9. The molecule has 0 amide bonds. The monoisotopic (exact) mass is 283 g/mol. The maximum Gasteiger partial charge on any atom is 0.0989 e. The molecular formula is C16H26ClNO. The van der Waals surface area contributed by atoms with Crippen molar-refractivity contribution in [1.29, 1.82) is 0 Å². The number of nitrogens with two attached hydrogens (primary N) is 1. The smallest absolute Gasteiger partial charge is 0.0989 e. The molecule has 0 bridgehead atoms. The van der Waals surface area contributed by atoms with Crippen molar-refractivity contribution in [2.24, 2.45) is 5.73 Å². The average molecular weight is 284 g/mol. The second-order valence-corrected chi connectivity index (χ2v) is 5.35. The Kier molecular flexibility index (Phi) is 8.11. The molecule has 2 N–H and O–H groups in total. The van der Waals surface area contributed by atoms with Gasteiger partial charge in [-0.15, -0.1) is 0 Å². The number of unbranched alkanes of at least 4 members (excludes halogenated alkanes) is 3. The summed E-state index contributed by atoms with van der Waals surface area (Å²) in [5, 5.41) is 0.741. The third-order valence-corrected chi connectivity index (χ3v) is 3.71. The SMILES string of the molecule is CCCCCCOC(c1ccccc1Cl)C(N)CC. The van der Waals surface area contributed by atoms with Crippen molar-refractivity contribution in [3.8, 4) is 0 Å². The van der Waals surface area contributed by atoms with E-state index >= 15 is 0 Å². The second-order valence-electron chi connectivity index (χ2n) is 4.95. The Labute approximate surface area is 122 Å². The van der Waals surface area contributed by atoms with Gasteiger partial charge in [0, 0.05) is 23.2 Å². The molecule has 0 aliphatic rings. The van der Waals surface area contributed by atoms with Gasteiger partial charge in [-0.1, -0.05) is 62.9 Å². The van der Waals surface area contributed by atoms with Gasteiger partial charge in [-0.3, -0.25) is 0 Å². The Hall–Kier alpha value is -0.570. The van der Waals surface area contributed by atoms with E-state index in [-0.39, 0.29) is 12.1 Å². The molecule has 2 unspecified atom stereocenters. The van der Waals surface area contributed by atoms with Crippen LogP contribution in [0.15, 0.2) is 24.3 Å². The maximum absolute atomic E-state index is 6.25. The normalized spacial score (nSPS) is 14.3. The van der Waals surface area contributed by atoms with Crippen LogP contribution in [0.5, 0.6) is 0 Å². The number of hydrogen-bond donors (Lipinski definition) is 1. The number of benzene rings is 1. The topological polar surface area (TPSA) is 35.2 Å². The molecule has 1 rings (SSSR count). The van der Waals surface area contributed by atoms with Crippen molar-refractivity contribution in [2.45, 2.75) is 58.1 Å². The van der Waals surface area contributed by atoms with Crippen molar-refractivity contribution < 1.29 is 4.74 Å². The number of hydrogen-bond acceptors (Lipinski definition) is 2. The first-order chi connectivity index (χ1) is 9.20. The van der Waals surface area contributed by atoms with Crippen LogP contribution in [0.2, 0.25) is 5.02 Å². The highest BCUT2D eigenvalue weighted by Gasteiger charge is 2.21. The summed E-state index contributed by atoms with van der Waals surface area (Å²) < 4.78 is 6.00. The fraction of sp³-hybridized carbons (Fsp3) is 0.625. The fourth-order valence-corrected chi connectivity index (χ4v) is 2.35. The first kappa shape index (κ1) is 16.5. The zero-order valence-corrected chi connectivity index (χ0v) is 12.8. The lowest BCUT2D eigenvalue weighted by atomic mass is 10.0. The lowest BCUT2D eigenvalue weighted by Crippen LogP contribution is -2.30. The van der Waals surface area contributed by atoms with E-state index in [1.807, 2.05) is 24.3 Å². The minimum Gasteiger partial charge on any atom is -0.372 e. The highest BCUT2D eigenvalue weighted by molar-refractivity contribution is 6.31. The van der Waals surface area contributed by atoms with Crippen molar-refractivity contribution >= 4 is 11.6 Å². The third kappa shape index (κ3) is 5.52. The summed E-state index contributed by atoms with van der Waals surface area (Å²) in [5.41, 5.74) is 7.18. The van der Waals surface area contributed by atoms with Crippen molar-refractivity contribution in [3.05, 3.63) is 34.9 Å². The van der Waals surface area contributed by atoms with Crippen LogP contribution in [-0.4, -0.2) is 12.6 Å². The highest BCUT2D eigenvalue weighted by Crippen LogP contribution is 2.28. The Bertz CT molecular complexity index is 356. The van der Waals surface area contributed by atoms with E-state index in [9.17, 15) is 0 Å². The van der Waals surface area contributed by atoms with E-state index in [1.54, 1.807) is 0 Å². The maximum atomic E-state index is 6.25. The van der Waals surface area contributed by atoms with Crippen molar-refractivity contribution in [2.75, 3.05) is 6.61 Å². The summed E-state index contributed by atoms with van der Waals surface area (Å²) in [7, 11) is 0. The first-order valence-electron chi connectivity index (χ1n) is 7.32. The molecule has 0 spiro atoms. The van der Waals surface area contributed by atoms with Crippen LogP contribution in [0.4, 0.5) is 0 Å². The second kappa shape index (κ2) is 9.35. The molecule has 1 aromatic carbocycles. The number of halogens is 1. The quantitative estimate of drug-likeness (QED) is 0.666. The molecule has 108 valence electrons. The van der Waals surface area contributed by atoms with E-state index < -0.39 is 0 Å². The third-order valence-electron chi connectivity index (χ3n) is 3.37. The van der Waals surface area contributed by atoms with Gasteiger partial charge >= 0.3 is 0 Å². The van der Waals surface area contributed by atoms with Gasteiger partial charge in [0.25, 0.3) is 0 Å². The van der Waals surface area contributed by atoms with E-state index in [0.717, 1.165) is 30.0 Å². The first-order valence-corrected chi connectivity index (χ1v) is 7.70. The summed E-state index contributed by atoms with van der Waals surface area (Å²) >= 11 is 6.25. The van der Waals surface area contributed by atoms with Gasteiger partial charge < -0.3 is 10.5 Å². The van der Waals surface area contributed by atoms with Crippen LogP contribution < -0.4 is 5.73 Å². The number of ether oxygens (including phenoxy) is 1. The molecule has 0 saturated carbocycles. The molecule has 2 nitrogen and oxygen atoms in total. The van der Waals surface area contributed by atoms with Gasteiger partial charge in [0.2, 0.25) is 0 Å². The highest BCUT2D eigenvalue weighted by atomic mass is 35.5. The minimum atomic E-state index is -0.0969. The van der Waals surface area contributed by atoms with Gasteiger partial charge in [-0.25, -0.2) is 0 Å². The molecule has 0 aromatic heterocycles. The lowest BCUT2D eigenvalue weighted by Gasteiger charge is -2.24. The van der Waals surface area contributed by atoms with Gasteiger partial charge in [0.1, 0.15) is 0 Å². The molecule has 0 heterocycles. The van der Waals surface area contributed by atoms with Gasteiger partial charge in [0.15, 0.2) is 0 Å². The van der Waals surface area contributed by atoms with Crippen LogP contribution in [0.1, 0.15) is 57.6 Å². The Morgan fingerprint density at radius 3 is 2.53 bits per heavy atom. The summed E-state index contributed by atoms with van der Waals surface area (Å²) in [6, 6.07) is 7.81. The van der Waals surface area contributed by atoms with E-state index in [0.29, 0.717) is 0 Å². The van der Waals surface area contributed by atoms with E-state index in [2.05, 4.69) is 13.8 Å². The van der Waals surface area contributed by atoms with Crippen molar-refractivity contribution in [3.63, 3.8) is 0 Å². The standard InChI is InChI=1S/C16H26ClNO/c1-3-5-6-9-12-19-16(15(18)4-2)13-10-7-8-11-14(13)17/h7-8,10-11,15-16H,3-6,9,12,18H2,1-2H3. The largest absolute Gasteiger partial charge is 0.372 e. The molecule has 0 aliphatic heterocycles. The zero-order valence-electron chi connectivity index (χ0n) is 12.1. The van der Waals surface area contributed by atoms with Gasteiger partial charge in [-0.05, 0) is 18.9 Å². The molecule has 0 fully saturated rings. The van der Waals surface area contributed by atoms with Crippen LogP contribution >= 0.6 is 11.6 Å². The Balaban J connectivity index is 2.60. The minimum absolute atomic E-state index is 0.00826. The van der Waals surface area contributed by atoms with Gasteiger partial charge in [-0.2, -0.15) is 0 Å². The summed E-state index contributed by atoms with van der Waals surface area (Å²) in [5.74, 6) is 0. The van der Waals surface area contributed by atoms with E-state index in [1.165, 1.54) is 19.3 Å². The molecule has 0 saturated heterocycles. The molecule has 0 radical (unpaired) electrons. The van der Waals surface area contributed by atoms with Crippen LogP contribution in [0.3, 0.4) is 0 Å². The average Bonchev–Trinajstić information content (AvgIpc) is 2.43. The molecule has 1 aromatic rings. The van der Waals surface area contributed by atoms with Crippen LogP contribution in [0.25, 0.3) is 0 Å². The zero-order chi connectivity index (χ0) is 14.1. The van der Waals surface area contributed by atoms with Crippen LogP contribution in [0, 0.1) is 0 Å². The molecule has 19 heavy (non-hydrogen) atoms. The van der Waals surface area contributed by atoms with Crippen molar-refractivity contribution in [1.82, 2.24) is 0 Å².